The molecule has 4 aromatic rings. The number of thiazole rings is 1. The number of aromatic nitrogens is 3. The van der Waals surface area contributed by atoms with Crippen molar-refractivity contribution in [3.8, 4) is 11.5 Å². The number of amides is 1. The zero-order chi connectivity index (χ0) is 17.2. The van der Waals surface area contributed by atoms with E-state index in [9.17, 15) is 4.79 Å². The SMILES string of the molecule is Cn1ccc(C(=O)Nc2nc3cc(Oc4ccccc4)ccc3s2)n1. The average molecular weight is 350 g/mol. The smallest absolute Gasteiger partial charge is 0.277 e. The third-order valence-corrected chi connectivity index (χ3v) is 4.46. The van der Waals surface area contributed by atoms with E-state index in [4.69, 9.17) is 4.74 Å². The van der Waals surface area contributed by atoms with Crippen LogP contribution in [0.5, 0.6) is 11.5 Å². The molecule has 1 N–H and O–H groups in total. The van der Waals surface area contributed by atoms with Gasteiger partial charge in [0.25, 0.3) is 5.91 Å². The van der Waals surface area contributed by atoms with Gasteiger partial charge in [-0.1, -0.05) is 29.5 Å². The Labute approximate surface area is 147 Å². The Balaban J connectivity index is 1.55. The van der Waals surface area contributed by atoms with Crippen LogP contribution >= 0.6 is 11.3 Å². The van der Waals surface area contributed by atoms with Crippen LogP contribution in [-0.2, 0) is 7.05 Å². The Bertz CT molecular complexity index is 1040. The molecule has 0 spiro atoms. The number of hydrogen-bond acceptors (Lipinski definition) is 5. The van der Waals surface area contributed by atoms with Gasteiger partial charge in [0.2, 0.25) is 0 Å². The summed E-state index contributed by atoms with van der Waals surface area (Å²) >= 11 is 1.41. The third-order valence-electron chi connectivity index (χ3n) is 3.50. The number of carbonyl (C=O) groups is 1. The molecule has 4 rings (SSSR count). The van der Waals surface area contributed by atoms with Crippen molar-refractivity contribution >= 4 is 32.6 Å². The standard InChI is InChI=1S/C18H14N4O2S/c1-22-10-9-14(21-22)17(23)20-18-19-15-11-13(7-8-16(15)25-18)24-12-5-3-2-4-6-12/h2-11H,1H3,(H,19,20,23). The Morgan fingerprint density at radius 2 is 1.96 bits per heavy atom. The maximum atomic E-state index is 12.2. The van der Waals surface area contributed by atoms with Gasteiger partial charge >= 0.3 is 0 Å². The summed E-state index contributed by atoms with van der Waals surface area (Å²) in [5, 5.41) is 7.40. The first-order chi connectivity index (χ1) is 12.2. The highest BCUT2D eigenvalue weighted by molar-refractivity contribution is 7.22. The molecule has 0 saturated carbocycles. The predicted octanol–water partition coefficient (Wildman–Crippen LogP) is 4.07. The largest absolute Gasteiger partial charge is 0.457 e. The highest BCUT2D eigenvalue weighted by Crippen LogP contribution is 2.31. The van der Waals surface area contributed by atoms with Gasteiger partial charge in [-0.05, 0) is 30.3 Å². The van der Waals surface area contributed by atoms with Gasteiger partial charge in [0.05, 0.1) is 10.2 Å². The van der Waals surface area contributed by atoms with Crippen LogP contribution in [0.4, 0.5) is 5.13 Å². The van der Waals surface area contributed by atoms with Gasteiger partial charge < -0.3 is 4.74 Å². The number of fused-ring (bicyclic) bond motifs is 1. The van der Waals surface area contributed by atoms with Crippen LogP contribution in [0.25, 0.3) is 10.2 Å². The molecular weight excluding hydrogens is 336 g/mol. The summed E-state index contributed by atoms with van der Waals surface area (Å²) < 4.78 is 8.37. The molecule has 25 heavy (non-hydrogen) atoms. The fourth-order valence-electron chi connectivity index (χ4n) is 2.35. The Morgan fingerprint density at radius 1 is 1.12 bits per heavy atom. The minimum absolute atomic E-state index is 0.277. The Hall–Kier alpha value is -3.19. The van der Waals surface area contributed by atoms with E-state index >= 15 is 0 Å². The van der Waals surface area contributed by atoms with Crippen LogP contribution in [0.2, 0.25) is 0 Å². The van der Waals surface area contributed by atoms with Gasteiger partial charge in [-0.25, -0.2) is 4.98 Å². The van der Waals surface area contributed by atoms with Crippen molar-refractivity contribution in [3.05, 3.63) is 66.5 Å². The number of ether oxygens (including phenoxy) is 1. The molecule has 1 amide bonds. The second-order valence-electron chi connectivity index (χ2n) is 5.39. The van der Waals surface area contributed by atoms with Crippen LogP contribution in [-0.4, -0.2) is 20.7 Å². The molecule has 124 valence electrons. The molecule has 0 aliphatic carbocycles. The highest BCUT2D eigenvalue weighted by atomic mass is 32.1. The van der Waals surface area contributed by atoms with Crippen molar-refractivity contribution in [2.24, 2.45) is 7.05 Å². The van der Waals surface area contributed by atoms with Gasteiger partial charge in [0, 0.05) is 19.3 Å². The van der Waals surface area contributed by atoms with E-state index in [0.29, 0.717) is 16.6 Å². The zero-order valence-electron chi connectivity index (χ0n) is 13.3. The van der Waals surface area contributed by atoms with E-state index in [2.05, 4.69) is 15.4 Å². The van der Waals surface area contributed by atoms with Crippen LogP contribution < -0.4 is 10.1 Å². The first-order valence-corrected chi connectivity index (χ1v) is 8.43. The average Bonchev–Trinajstić information content (AvgIpc) is 3.21. The number of anilines is 1. The Morgan fingerprint density at radius 3 is 2.72 bits per heavy atom. The van der Waals surface area contributed by atoms with E-state index in [1.807, 2.05) is 48.5 Å². The molecule has 0 atom stereocenters. The zero-order valence-corrected chi connectivity index (χ0v) is 14.2. The van der Waals surface area contributed by atoms with Crippen LogP contribution in [0.15, 0.2) is 60.8 Å². The maximum Gasteiger partial charge on any atom is 0.277 e. The van der Waals surface area contributed by atoms with E-state index in [1.54, 1.807) is 24.0 Å². The molecular formula is C18H14N4O2S. The van der Waals surface area contributed by atoms with Gasteiger partial charge in [-0.15, -0.1) is 0 Å². The summed E-state index contributed by atoms with van der Waals surface area (Å²) in [4.78, 5) is 16.6. The summed E-state index contributed by atoms with van der Waals surface area (Å²) in [6, 6.07) is 16.9. The molecule has 0 radical (unpaired) electrons. The topological polar surface area (TPSA) is 69.0 Å². The van der Waals surface area contributed by atoms with Crippen LogP contribution in [0.3, 0.4) is 0 Å². The third kappa shape index (κ3) is 3.36. The minimum atomic E-state index is -0.277. The molecule has 2 aromatic heterocycles. The summed E-state index contributed by atoms with van der Waals surface area (Å²) in [5.41, 5.74) is 1.13. The second-order valence-corrected chi connectivity index (χ2v) is 6.42. The summed E-state index contributed by atoms with van der Waals surface area (Å²) in [6.07, 6.45) is 1.72. The van der Waals surface area contributed by atoms with Crippen molar-refractivity contribution in [2.75, 3.05) is 5.32 Å². The number of hydrogen-bond donors (Lipinski definition) is 1. The molecule has 0 aliphatic heterocycles. The lowest BCUT2D eigenvalue weighted by Crippen LogP contribution is -2.12. The monoisotopic (exact) mass is 350 g/mol. The summed E-state index contributed by atoms with van der Waals surface area (Å²) in [6.45, 7) is 0. The normalized spacial score (nSPS) is 10.8. The van der Waals surface area contributed by atoms with Crippen LogP contribution in [0, 0.1) is 0 Å². The van der Waals surface area contributed by atoms with Gasteiger partial charge in [-0.2, -0.15) is 5.10 Å². The molecule has 0 unspecified atom stereocenters. The van der Waals surface area contributed by atoms with Crippen molar-refractivity contribution in [1.29, 1.82) is 0 Å². The first-order valence-electron chi connectivity index (χ1n) is 7.62. The lowest BCUT2D eigenvalue weighted by molar-refractivity contribution is 0.102. The number of rotatable bonds is 4. The van der Waals surface area contributed by atoms with Crippen molar-refractivity contribution in [1.82, 2.24) is 14.8 Å². The van der Waals surface area contributed by atoms with Gasteiger partial charge in [0.1, 0.15) is 11.5 Å². The number of para-hydroxylation sites is 1. The van der Waals surface area contributed by atoms with E-state index in [-0.39, 0.29) is 5.91 Å². The van der Waals surface area contributed by atoms with Crippen molar-refractivity contribution in [2.45, 2.75) is 0 Å². The lowest BCUT2D eigenvalue weighted by atomic mass is 10.3. The maximum absolute atomic E-state index is 12.2. The van der Waals surface area contributed by atoms with E-state index in [1.165, 1.54) is 11.3 Å². The quantitative estimate of drug-likeness (QED) is 0.602. The molecule has 0 fully saturated rings. The van der Waals surface area contributed by atoms with Gasteiger partial charge in [-0.3, -0.25) is 14.8 Å². The summed E-state index contributed by atoms with van der Waals surface area (Å²) in [7, 11) is 1.77. The minimum Gasteiger partial charge on any atom is -0.457 e. The molecule has 0 saturated heterocycles. The first kappa shape index (κ1) is 15.3. The molecule has 7 heteroatoms. The second kappa shape index (κ2) is 6.37. The van der Waals surface area contributed by atoms with E-state index < -0.39 is 0 Å². The number of nitrogens with zero attached hydrogens (tertiary/aromatic N) is 3. The van der Waals surface area contributed by atoms with Crippen LogP contribution in [0.1, 0.15) is 10.5 Å². The highest BCUT2D eigenvalue weighted by Gasteiger charge is 2.12. The van der Waals surface area contributed by atoms with Crippen molar-refractivity contribution < 1.29 is 9.53 Å². The lowest BCUT2D eigenvalue weighted by Gasteiger charge is -2.04. The molecule has 0 bridgehead atoms. The molecule has 0 aliphatic rings. The Kier molecular flexibility index (Phi) is 3.91. The van der Waals surface area contributed by atoms with Crippen molar-refractivity contribution in [3.63, 3.8) is 0 Å². The molecule has 6 nitrogen and oxygen atoms in total. The fourth-order valence-corrected chi connectivity index (χ4v) is 3.19. The van der Waals surface area contributed by atoms with Gasteiger partial charge in [0.15, 0.2) is 10.8 Å². The predicted molar refractivity (Wildman–Crippen MR) is 97.3 cm³/mol. The fraction of sp³-hybridized carbons (Fsp3) is 0.0556. The number of aryl methyl sites for hydroxylation is 1. The molecule has 2 heterocycles. The molecule has 2 aromatic carbocycles. The number of nitrogens with one attached hydrogen (secondary N) is 1. The van der Waals surface area contributed by atoms with E-state index in [0.717, 1.165) is 16.0 Å². The number of carbonyl (C=O) groups excluding carboxylic acids is 1. The number of benzene rings is 2. The summed E-state index contributed by atoms with van der Waals surface area (Å²) in [5.74, 6) is 1.19.